The number of nitrogen functional groups attached to an aromatic ring is 1. The van der Waals surface area contributed by atoms with Gasteiger partial charge in [-0.3, -0.25) is 0 Å². The summed E-state index contributed by atoms with van der Waals surface area (Å²) in [6, 6.07) is 12.3. The highest BCUT2D eigenvalue weighted by atomic mass is 32.1. The minimum Gasteiger partial charge on any atom is -0.383 e. The molecule has 148 valence electrons. The molecule has 0 amide bonds. The number of anilines is 2. The average Bonchev–Trinajstić information content (AvgIpc) is 3.36. The van der Waals surface area contributed by atoms with Gasteiger partial charge in [-0.15, -0.1) is 16.4 Å². The maximum absolute atomic E-state index is 6.58. The normalized spacial score (nSPS) is 15.3. The van der Waals surface area contributed by atoms with Gasteiger partial charge in [0.05, 0.1) is 21.6 Å². The molecule has 0 atom stereocenters. The van der Waals surface area contributed by atoms with E-state index in [1.165, 1.54) is 0 Å². The van der Waals surface area contributed by atoms with Gasteiger partial charge in [0.15, 0.2) is 5.65 Å². The Bertz CT molecular complexity index is 1160. The van der Waals surface area contributed by atoms with Crippen LogP contribution in [0, 0.1) is 6.92 Å². The van der Waals surface area contributed by atoms with Crippen LogP contribution < -0.4 is 10.6 Å². The van der Waals surface area contributed by atoms with Gasteiger partial charge in [0.2, 0.25) is 5.95 Å². The van der Waals surface area contributed by atoms with Crippen LogP contribution in [0.15, 0.2) is 41.8 Å². The molecule has 29 heavy (non-hydrogen) atoms. The number of aromatic nitrogens is 4. The molecule has 0 saturated carbocycles. The second-order valence-corrected chi connectivity index (χ2v) is 8.42. The number of hydrogen-bond acceptors (Lipinski definition) is 7. The van der Waals surface area contributed by atoms with E-state index in [4.69, 9.17) is 20.8 Å². The molecular weight excluding hydrogens is 382 g/mol. The van der Waals surface area contributed by atoms with Gasteiger partial charge >= 0.3 is 0 Å². The predicted molar refractivity (Wildman–Crippen MR) is 119 cm³/mol. The van der Waals surface area contributed by atoms with Crippen molar-refractivity contribution in [2.24, 2.45) is 0 Å². The summed E-state index contributed by atoms with van der Waals surface area (Å²) in [5, 5.41) is 7.64. The van der Waals surface area contributed by atoms with Gasteiger partial charge in [0.1, 0.15) is 5.82 Å². The van der Waals surface area contributed by atoms with E-state index in [9.17, 15) is 0 Å². The number of piperazine rings is 1. The monoisotopic (exact) mass is 405 g/mol. The molecule has 7 nitrogen and oxygen atoms in total. The largest absolute Gasteiger partial charge is 0.383 e. The number of likely N-dealkylation sites (N-methyl/N-ethyl adjacent to an activating group) is 1. The third-order valence-corrected chi connectivity index (χ3v) is 6.22. The van der Waals surface area contributed by atoms with Crippen molar-refractivity contribution in [2.75, 3.05) is 43.9 Å². The zero-order chi connectivity index (χ0) is 20.0. The number of benzene rings is 1. The van der Waals surface area contributed by atoms with Crippen LogP contribution >= 0.6 is 11.3 Å². The molecule has 1 fully saturated rings. The summed E-state index contributed by atoms with van der Waals surface area (Å²) in [5.41, 5.74) is 10.2. The maximum atomic E-state index is 6.58. The number of nitrogens with zero attached hydrogens (tertiary/aromatic N) is 6. The summed E-state index contributed by atoms with van der Waals surface area (Å²) in [4.78, 5) is 15.4. The van der Waals surface area contributed by atoms with Gasteiger partial charge in [-0.1, -0.05) is 18.2 Å². The van der Waals surface area contributed by atoms with Crippen LogP contribution in [0.1, 0.15) is 5.56 Å². The summed E-state index contributed by atoms with van der Waals surface area (Å²) in [7, 11) is 2.14. The Morgan fingerprint density at radius 3 is 2.59 bits per heavy atom. The highest BCUT2D eigenvalue weighted by molar-refractivity contribution is 7.13. The number of hydrogen-bond donors (Lipinski definition) is 1. The Morgan fingerprint density at radius 1 is 1.03 bits per heavy atom. The Morgan fingerprint density at radius 2 is 1.86 bits per heavy atom. The number of fused-ring (bicyclic) bond motifs is 1. The molecule has 2 N–H and O–H groups in total. The minimum absolute atomic E-state index is 0.568. The van der Waals surface area contributed by atoms with Gasteiger partial charge in [-0.2, -0.15) is 4.98 Å². The average molecular weight is 406 g/mol. The van der Waals surface area contributed by atoms with Crippen LogP contribution in [0.2, 0.25) is 0 Å². The number of nitrogens with two attached hydrogens (primary N) is 1. The summed E-state index contributed by atoms with van der Waals surface area (Å²) in [5.74, 6) is 1.29. The molecule has 1 aliphatic rings. The Hall–Kier alpha value is -2.97. The number of aryl methyl sites for hydroxylation is 1. The van der Waals surface area contributed by atoms with E-state index in [1.807, 2.05) is 18.2 Å². The van der Waals surface area contributed by atoms with Crippen LogP contribution in [0.4, 0.5) is 11.8 Å². The fourth-order valence-electron chi connectivity index (χ4n) is 3.70. The quantitative estimate of drug-likeness (QED) is 0.564. The molecule has 0 unspecified atom stereocenters. The fourth-order valence-corrected chi connectivity index (χ4v) is 4.42. The Labute approximate surface area is 173 Å². The van der Waals surface area contributed by atoms with E-state index in [2.05, 4.69) is 47.4 Å². The van der Waals surface area contributed by atoms with Crippen LogP contribution in [-0.2, 0) is 0 Å². The van der Waals surface area contributed by atoms with E-state index in [0.717, 1.165) is 59.3 Å². The third kappa shape index (κ3) is 3.24. The van der Waals surface area contributed by atoms with Gasteiger partial charge in [0, 0.05) is 26.2 Å². The van der Waals surface area contributed by atoms with E-state index in [0.29, 0.717) is 11.5 Å². The molecule has 8 heteroatoms. The SMILES string of the molecule is Cc1cccc(-n2nc3nc(N4CCN(C)CC4)nc(-c4cccs4)c3c2N)c1. The van der Waals surface area contributed by atoms with Crippen molar-refractivity contribution < 1.29 is 0 Å². The molecule has 1 aromatic carbocycles. The first-order valence-electron chi connectivity index (χ1n) is 9.71. The smallest absolute Gasteiger partial charge is 0.228 e. The molecule has 1 saturated heterocycles. The van der Waals surface area contributed by atoms with Crippen molar-refractivity contribution in [3.05, 3.63) is 47.3 Å². The second kappa shape index (κ2) is 7.13. The lowest BCUT2D eigenvalue weighted by molar-refractivity contribution is 0.311. The molecule has 0 aliphatic carbocycles. The van der Waals surface area contributed by atoms with Gasteiger partial charge in [0.25, 0.3) is 0 Å². The van der Waals surface area contributed by atoms with Crippen LogP contribution in [0.5, 0.6) is 0 Å². The molecule has 4 heterocycles. The van der Waals surface area contributed by atoms with Gasteiger partial charge < -0.3 is 15.5 Å². The van der Waals surface area contributed by atoms with Crippen molar-refractivity contribution in [3.63, 3.8) is 0 Å². The zero-order valence-electron chi connectivity index (χ0n) is 16.5. The van der Waals surface area contributed by atoms with E-state index in [-0.39, 0.29) is 0 Å². The Balaban J connectivity index is 1.70. The lowest BCUT2D eigenvalue weighted by Crippen LogP contribution is -2.45. The fraction of sp³-hybridized carbons (Fsp3) is 0.286. The van der Waals surface area contributed by atoms with Crippen LogP contribution in [0.3, 0.4) is 0 Å². The molecule has 1 aliphatic heterocycles. The first-order chi connectivity index (χ1) is 14.1. The van der Waals surface area contributed by atoms with E-state index < -0.39 is 0 Å². The van der Waals surface area contributed by atoms with Crippen LogP contribution in [-0.4, -0.2) is 57.9 Å². The number of thiophene rings is 1. The van der Waals surface area contributed by atoms with Crippen molar-refractivity contribution in [3.8, 4) is 16.3 Å². The summed E-state index contributed by atoms with van der Waals surface area (Å²) in [6.45, 7) is 5.86. The highest BCUT2D eigenvalue weighted by Crippen LogP contribution is 2.35. The molecule has 0 radical (unpaired) electrons. The first kappa shape index (κ1) is 18.1. The van der Waals surface area contributed by atoms with Crippen molar-refractivity contribution in [1.82, 2.24) is 24.6 Å². The lowest BCUT2D eigenvalue weighted by Gasteiger charge is -2.32. The summed E-state index contributed by atoms with van der Waals surface area (Å²) >= 11 is 1.65. The van der Waals surface area contributed by atoms with E-state index >= 15 is 0 Å². The van der Waals surface area contributed by atoms with Gasteiger partial charge in [-0.25, -0.2) is 9.67 Å². The standard InChI is InChI=1S/C21H23N7S/c1-14-5-3-6-15(13-14)28-19(22)17-18(16-7-4-12-29-16)23-21(24-20(17)25-28)27-10-8-26(2)9-11-27/h3-7,12-13H,8-11,22H2,1-2H3. The third-order valence-electron chi connectivity index (χ3n) is 5.34. The maximum Gasteiger partial charge on any atom is 0.228 e. The zero-order valence-corrected chi connectivity index (χ0v) is 17.4. The van der Waals surface area contributed by atoms with Crippen molar-refractivity contribution in [1.29, 1.82) is 0 Å². The molecule has 3 aromatic heterocycles. The summed E-state index contributed by atoms with van der Waals surface area (Å²) in [6.07, 6.45) is 0. The van der Waals surface area contributed by atoms with Crippen LogP contribution in [0.25, 0.3) is 27.3 Å². The minimum atomic E-state index is 0.568. The first-order valence-corrected chi connectivity index (χ1v) is 10.6. The van der Waals surface area contributed by atoms with Gasteiger partial charge in [-0.05, 0) is 43.1 Å². The topological polar surface area (TPSA) is 76.1 Å². The molecular formula is C21H23N7S. The summed E-state index contributed by atoms with van der Waals surface area (Å²) < 4.78 is 1.78. The van der Waals surface area contributed by atoms with Crippen molar-refractivity contribution in [2.45, 2.75) is 6.92 Å². The second-order valence-electron chi connectivity index (χ2n) is 7.47. The lowest BCUT2D eigenvalue weighted by atomic mass is 10.2. The highest BCUT2D eigenvalue weighted by Gasteiger charge is 2.23. The Kier molecular flexibility index (Phi) is 4.44. The predicted octanol–water partition coefficient (Wildman–Crippen LogP) is 3.19. The molecule has 5 rings (SSSR count). The molecule has 0 spiro atoms. The van der Waals surface area contributed by atoms with Crippen molar-refractivity contribution >= 4 is 34.1 Å². The van der Waals surface area contributed by atoms with E-state index in [1.54, 1.807) is 16.0 Å². The molecule has 0 bridgehead atoms. The molecule has 4 aromatic rings. The number of rotatable bonds is 3.